The minimum Gasteiger partial charge on any atom is -0.395 e. The molecule has 0 bridgehead atoms. The molecule has 0 heterocycles. The molecule has 4 heteroatoms. The maximum Gasteiger partial charge on any atom is 0.220 e. The average Bonchev–Trinajstić information content (AvgIpc) is 2.64. The van der Waals surface area contributed by atoms with E-state index in [4.69, 9.17) is 5.11 Å². The largest absolute Gasteiger partial charge is 0.395 e. The molecule has 0 radical (unpaired) electrons. The Bertz CT molecular complexity index is 439. The fourth-order valence-electron chi connectivity index (χ4n) is 2.28. The average molecular weight is 364 g/mol. The Balaban J connectivity index is 3.58. The molecule has 0 aromatic rings. The molecule has 0 aliphatic carbocycles. The van der Waals surface area contributed by atoms with E-state index in [0.29, 0.717) is 13.0 Å². The van der Waals surface area contributed by atoms with Crippen LogP contribution < -0.4 is 5.32 Å². The summed E-state index contributed by atoms with van der Waals surface area (Å²) in [6.45, 7) is 2.49. The van der Waals surface area contributed by atoms with E-state index < -0.39 is 0 Å². The Hall–Kier alpha value is -1.65. The van der Waals surface area contributed by atoms with Crippen LogP contribution in [-0.2, 0) is 4.79 Å². The first-order valence-corrected chi connectivity index (χ1v) is 9.89. The summed E-state index contributed by atoms with van der Waals surface area (Å²) in [4.78, 5) is 11.3. The second kappa shape index (κ2) is 19.7. The highest BCUT2D eigenvalue weighted by atomic mass is 16.3. The van der Waals surface area contributed by atoms with Crippen molar-refractivity contribution in [3.8, 4) is 0 Å². The Kier molecular flexibility index (Phi) is 18.4. The maximum atomic E-state index is 11.3. The molecule has 0 fully saturated rings. The highest BCUT2D eigenvalue weighted by Gasteiger charge is 1.98. The van der Waals surface area contributed by atoms with Gasteiger partial charge in [0.25, 0.3) is 0 Å². The minimum absolute atomic E-state index is 0.00154. The molecule has 0 aliphatic rings. The van der Waals surface area contributed by atoms with Gasteiger partial charge < -0.3 is 15.5 Å². The summed E-state index contributed by atoms with van der Waals surface area (Å²) in [5.41, 5.74) is 0. The number of unbranched alkanes of at least 4 members (excludes halogenated alkanes) is 3. The van der Waals surface area contributed by atoms with Gasteiger partial charge in [-0.2, -0.15) is 0 Å². The van der Waals surface area contributed by atoms with Crippen LogP contribution in [-0.4, -0.2) is 35.4 Å². The third kappa shape index (κ3) is 18.7. The second-order valence-electron chi connectivity index (χ2n) is 6.26. The van der Waals surface area contributed by atoms with Gasteiger partial charge in [-0.1, -0.05) is 74.8 Å². The quantitative estimate of drug-likeness (QED) is 0.218. The van der Waals surface area contributed by atoms with Gasteiger partial charge in [-0.05, 0) is 32.1 Å². The van der Waals surface area contributed by atoms with Crippen molar-refractivity contribution in [1.29, 1.82) is 0 Å². The number of aliphatic hydroxyl groups is 2. The van der Waals surface area contributed by atoms with Gasteiger partial charge in [0.2, 0.25) is 5.91 Å². The van der Waals surface area contributed by atoms with Crippen molar-refractivity contribution in [2.24, 2.45) is 0 Å². The Labute approximate surface area is 159 Å². The first-order chi connectivity index (χ1) is 12.7. The van der Waals surface area contributed by atoms with Gasteiger partial charge in [0.05, 0.1) is 12.7 Å². The van der Waals surface area contributed by atoms with Crippen LogP contribution in [0.15, 0.2) is 48.6 Å². The van der Waals surface area contributed by atoms with E-state index in [9.17, 15) is 9.90 Å². The van der Waals surface area contributed by atoms with Gasteiger partial charge in [0.15, 0.2) is 0 Å². The lowest BCUT2D eigenvalue weighted by atomic mass is 10.1. The number of hydrogen-bond donors (Lipinski definition) is 3. The monoisotopic (exact) mass is 363 g/mol. The zero-order chi connectivity index (χ0) is 19.3. The normalized spacial score (nSPS) is 13.5. The number of carbonyl (C=O) groups excluding carboxylic acids is 1. The summed E-state index contributed by atoms with van der Waals surface area (Å²) in [5.74, 6) is 0.00154. The van der Waals surface area contributed by atoms with Crippen LogP contribution >= 0.6 is 0 Å². The fraction of sp³-hybridized carbons (Fsp3) is 0.591. The Morgan fingerprint density at radius 3 is 2.46 bits per heavy atom. The molecular weight excluding hydrogens is 326 g/mol. The lowest BCUT2D eigenvalue weighted by Gasteiger charge is -2.02. The van der Waals surface area contributed by atoms with Gasteiger partial charge >= 0.3 is 0 Å². The molecule has 0 aliphatic heterocycles. The number of hydrogen-bond acceptors (Lipinski definition) is 3. The summed E-state index contributed by atoms with van der Waals surface area (Å²) in [7, 11) is 0. The van der Waals surface area contributed by atoms with Crippen molar-refractivity contribution in [3.05, 3.63) is 48.6 Å². The number of nitrogens with one attached hydrogen (secondary N) is 1. The molecule has 3 N–H and O–H groups in total. The van der Waals surface area contributed by atoms with E-state index in [1.807, 2.05) is 18.2 Å². The topological polar surface area (TPSA) is 69.6 Å². The Morgan fingerprint density at radius 2 is 1.73 bits per heavy atom. The first-order valence-electron chi connectivity index (χ1n) is 9.89. The van der Waals surface area contributed by atoms with E-state index in [1.54, 1.807) is 0 Å². The second-order valence-corrected chi connectivity index (χ2v) is 6.26. The molecule has 148 valence electrons. The Morgan fingerprint density at radius 1 is 1.00 bits per heavy atom. The van der Waals surface area contributed by atoms with Crippen molar-refractivity contribution in [1.82, 2.24) is 5.32 Å². The van der Waals surface area contributed by atoms with Crippen LogP contribution in [0.5, 0.6) is 0 Å². The molecule has 26 heavy (non-hydrogen) atoms. The van der Waals surface area contributed by atoms with E-state index in [2.05, 4.69) is 42.6 Å². The van der Waals surface area contributed by atoms with Crippen molar-refractivity contribution >= 4 is 5.91 Å². The third-order valence-electron chi connectivity index (χ3n) is 3.77. The summed E-state index contributed by atoms with van der Waals surface area (Å²) >= 11 is 0. The van der Waals surface area contributed by atoms with E-state index in [-0.39, 0.29) is 18.6 Å². The lowest BCUT2D eigenvalue weighted by Crippen LogP contribution is -2.25. The van der Waals surface area contributed by atoms with E-state index >= 15 is 0 Å². The molecule has 0 rings (SSSR count). The molecule has 0 saturated carbocycles. The zero-order valence-corrected chi connectivity index (χ0v) is 16.3. The summed E-state index contributed by atoms with van der Waals surface area (Å²) in [5, 5.41) is 21.0. The van der Waals surface area contributed by atoms with Gasteiger partial charge in [-0.25, -0.2) is 0 Å². The van der Waals surface area contributed by atoms with Crippen LogP contribution in [0.4, 0.5) is 0 Å². The number of aliphatic hydroxyl groups excluding tert-OH is 2. The van der Waals surface area contributed by atoms with Gasteiger partial charge in [-0.15, -0.1) is 0 Å². The first kappa shape index (κ1) is 24.4. The fourth-order valence-corrected chi connectivity index (χ4v) is 2.28. The molecule has 0 aromatic heterocycles. The molecule has 1 atom stereocenters. The number of carbonyl (C=O) groups is 1. The van der Waals surface area contributed by atoms with Crippen molar-refractivity contribution < 1.29 is 15.0 Å². The van der Waals surface area contributed by atoms with Crippen molar-refractivity contribution in [3.63, 3.8) is 0 Å². The molecule has 0 unspecified atom stereocenters. The summed E-state index contributed by atoms with van der Waals surface area (Å²) in [6.07, 6.45) is 24.2. The van der Waals surface area contributed by atoms with Crippen LogP contribution in [0.25, 0.3) is 0 Å². The van der Waals surface area contributed by atoms with Gasteiger partial charge in [-0.3, -0.25) is 4.79 Å². The van der Waals surface area contributed by atoms with Crippen LogP contribution in [0, 0.1) is 0 Å². The predicted octanol–water partition coefficient (Wildman–Crippen LogP) is 4.21. The lowest BCUT2D eigenvalue weighted by molar-refractivity contribution is -0.121. The van der Waals surface area contributed by atoms with Crippen LogP contribution in [0.1, 0.15) is 64.7 Å². The third-order valence-corrected chi connectivity index (χ3v) is 3.77. The number of rotatable bonds is 16. The van der Waals surface area contributed by atoms with Gasteiger partial charge in [0.1, 0.15) is 0 Å². The number of allylic oxidation sites excluding steroid dienone is 7. The number of amides is 1. The maximum absolute atomic E-state index is 11.3. The standard InChI is InChI=1S/C22H37NO3/c1-2-3-13-16-21(25)17-14-11-9-7-5-4-6-8-10-12-15-18-22(26)23-19-20-24/h4-5,8-11,14,17,21,24-25H,2-3,6-7,12-13,15-16,18-20H2,1H3,(H,23,26)/t21-/m0/s1. The highest BCUT2D eigenvalue weighted by molar-refractivity contribution is 5.75. The molecule has 4 nitrogen and oxygen atoms in total. The van der Waals surface area contributed by atoms with Crippen LogP contribution in [0.3, 0.4) is 0 Å². The van der Waals surface area contributed by atoms with E-state index in [1.165, 1.54) is 12.8 Å². The van der Waals surface area contributed by atoms with E-state index in [0.717, 1.165) is 38.5 Å². The minimum atomic E-state index is -0.326. The molecule has 1 amide bonds. The zero-order valence-electron chi connectivity index (χ0n) is 16.3. The smallest absolute Gasteiger partial charge is 0.220 e. The van der Waals surface area contributed by atoms with Crippen molar-refractivity contribution in [2.75, 3.05) is 13.2 Å². The predicted molar refractivity (Wildman–Crippen MR) is 110 cm³/mol. The van der Waals surface area contributed by atoms with Crippen LogP contribution in [0.2, 0.25) is 0 Å². The molecular formula is C22H37NO3. The summed E-state index contributed by atoms with van der Waals surface area (Å²) in [6, 6.07) is 0. The van der Waals surface area contributed by atoms with Gasteiger partial charge in [0, 0.05) is 13.0 Å². The molecule has 0 spiro atoms. The molecule has 0 saturated heterocycles. The SMILES string of the molecule is CCCCC[C@H](O)C=CC=CCC=CCC=CCCCC(=O)NCCO. The highest BCUT2D eigenvalue weighted by Crippen LogP contribution is 2.04. The molecule has 0 aromatic carbocycles. The summed E-state index contributed by atoms with van der Waals surface area (Å²) < 4.78 is 0. The van der Waals surface area contributed by atoms with Crippen molar-refractivity contribution in [2.45, 2.75) is 70.8 Å².